The van der Waals surface area contributed by atoms with Crippen LogP contribution in [0.15, 0.2) is 72.8 Å². The smallest absolute Gasteiger partial charge is 0.148 e. The fraction of sp³-hybridized carbons (Fsp3) is 0.240. The van der Waals surface area contributed by atoms with Crippen LogP contribution in [0.3, 0.4) is 0 Å². The zero-order valence-corrected chi connectivity index (χ0v) is 17.0. The number of fused-ring (bicyclic) bond motifs is 1. The molecule has 1 aromatic heterocycles. The van der Waals surface area contributed by atoms with E-state index in [2.05, 4.69) is 37.5 Å². The molecule has 0 N–H and O–H groups in total. The fourth-order valence-corrected chi connectivity index (χ4v) is 3.38. The van der Waals surface area contributed by atoms with Gasteiger partial charge in [-0.1, -0.05) is 57.2 Å². The number of halogens is 1. The summed E-state index contributed by atoms with van der Waals surface area (Å²) in [6.07, 6.45) is 0. The molecule has 0 aliphatic carbocycles. The van der Waals surface area contributed by atoms with Crippen LogP contribution in [0.1, 0.15) is 37.7 Å². The average Bonchev–Trinajstić information content (AvgIpc) is 3.05. The zero-order valence-electron chi connectivity index (χ0n) is 17.0. The zero-order chi connectivity index (χ0) is 20.4. The first-order valence-corrected chi connectivity index (χ1v) is 9.82. The van der Waals surface area contributed by atoms with Crippen molar-refractivity contribution in [3.8, 4) is 5.75 Å². The van der Waals surface area contributed by atoms with E-state index in [1.54, 1.807) is 12.1 Å². The summed E-state index contributed by atoms with van der Waals surface area (Å²) in [5, 5.41) is 0. The molecule has 3 nitrogen and oxygen atoms in total. The van der Waals surface area contributed by atoms with Crippen molar-refractivity contribution in [1.29, 1.82) is 0 Å². The van der Waals surface area contributed by atoms with Crippen LogP contribution in [0.2, 0.25) is 0 Å². The topological polar surface area (TPSA) is 27.1 Å². The summed E-state index contributed by atoms with van der Waals surface area (Å²) in [6, 6.07) is 22.8. The summed E-state index contributed by atoms with van der Waals surface area (Å²) in [5.41, 5.74) is 4.37. The van der Waals surface area contributed by atoms with Gasteiger partial charge in [0.1, 0.15) is 24.0 Å². The lowest BCUT2D eigenvalue weighted by Gasteiger charge is -2.19. The molecular weight excluding hydrogens is 363 g/mol. The number of ether oxygens (including phenoxy) is 1. The molecule has 0 saturated heterocycles. The Hall–Kier alpha value is -3.14. The van der Waals surface area contributed by atoms with Gasteiger partial charge in [0, 0.05) is 6.54 Å². The molecule has 1 heterocycles. The van der Waals surface area contributed by atoms with E-state index in [-0.39, 0.29) is 11.2 Å². The van der Waals surface area contributed by atoms with Crippen molar-refractivity contribution in [3.63, 3.8) is 0 Å². The van der Waals surface area contributed by atoms with Crippen LogP contribution >= 0.6 is 0 Å². The molecule has 0 fully saturated rings. The molecule has 0 radical (unpaired) electrons. The van der Waals surface area contributed by atoms with Crippen LogP contribution in [0.4, 0.5) is 4.39 Å². The quantitative estimate of drug-likeness (QED) is 0.413. The van der Waals surface area contributed by atoms with Crippen molar-refractivity contribution in [3.05, 3.63) is 95.6 Å². The molecule has 148 valence electrons. The third kappa shape index (κ3) is 4.32. The Kier molecular flexibility index (Phi) is 5.10. The van der Waals surface area contributed by atoms with Gasteiger partial charge in [-0.3, -0.25) is 0 Å². The number of aromatic nitrogens is 2. The molecule has 0 spiro atoms. The van der Waals surface area contributed by atoms with E-state index in [1.165, 1.54) is 17.7 Å². The Balaban J connectivity index is 1.59. The maximum Gasteiger partial charge on any atom is 0.148 e. The maximum absolute atomic E-state index is 13.3. The number of hydrogen-bond donors (Lipinski definition) is 0. The first kappa shape index (κ1) is 19.2. The molecule has 3 aromatic carbocycles. The molecule has 29 heavy (non-hydrogen) atoms. The van der Waals surface area contributed by atoms with Crippen LogP contribution < -0.4 is 4.74 Å². The van der Waals surface area contributed by atoms with Crippen LogP contribution in [0.25, 0.3) is 11.0 Å². The SMILES string of the molecule is CC(C)(C)c1ccc(OCc2nc3ccccc3n2Cc2ccc(F)cc2)cc1. The predicted octanol–water partition coefficient (Wildman–Crippen LogP) is 6.10. The third-order valence-corrected chi connectivity index (χ3v) is 5.08. The monoisotopic (exact) mass is 388 g/mol. The van der Waals surface area contributed by atoms with Gasteiger partial charge in [0.05, 0.1) is 11.0 Å². The minimum Gasteiger partial charge on any atom is -0.486 e. The van der Waals surface area contributed by atoms with Crippen LogP contribution in [0.5, 0.6) is 5.75 Å². The number of imidazole rings is 1. The summed E-state index contributed by atoms with van der Waals surface area (Å²) >= 11 is 0. The number of benzene rings is 3. The lowest BCUT2D eigenvalue weighted by molar-refractivity contribution is 0.291. The van der Waals surface area contributed by atoms with Crippen molar-refractivity contribution in [2.75, 3.05) is 0 Å². The second kappa shape index (κ2) is 7.70. The normalized spacial score (nSPS) is 11.7. The van der Waals surface area contributed by atoms with Gasteiger partial charge in [0.15, 0.2) is 0 Å². The number of rotatable bonds is 5. The highest BCUT2D eigenvalue weighted by molar-refractivity contribution is 5.76. The summed E-state index contributed by atoms with van der Waals surface area (Å²) in [6.45, 7) is 7.56. The molecule has 4 rings (SSSR count). The molecule has 0 saturated carbocycles. The molecule has 0 aliphatic heterocycles. The first-order chi connectivity index (χ1) is 13.9. The van der Waals surface area contributed by atoms with Gasteiger partial charge >= 0.3 is 0 Å². The van der Waals surface area contributed by atoms with Crippen LogP contribution in [-0.2, 0) is 18.6 Å². The van der Waals surface area contributed by atoms with E-state index in [4.69, 9.17) is 9.72 Å². The summed E-state index contributed by atoms with van der Waals surface area (Å²) in [5.74, 6) is 1.43. The van der Waals surface area contributed by atoms with Gasteiger partial charge in [-0.05, 0) is 52.9 Å². The lowest BCUT2D eigenvalue weighted by atomic mass is 9.87. The number of nitrogens with zero attached hydrogens (tertiary/aromatic N) is 2. The lowest BCUT2D eigenvalue weighted by Crippen LogP contribution is -2.11. The molecule has 0 aliphatic rings. The largest absolute Gasteiger partial charge is 0.486 e. The highest BCUT2D eigenvalue weighted by atomic mass is 19.1. The van der Waals surface area contributed by atoms with E-state index < -0.39 is 0 Å². The van der Waals surface area contributed by atoms with Gasteiger partial charge in [0.2, 0.25) is 0 Å². The summed E-state index contributed by atoms with van der Waals surface area (Å²) < 4.78 is 21.4. The molecule has 0 bridgehead atoms. The van der Waals surface area contributed by atoms with Crippen molar-refractivity contribution < 1.29 is 9.13 Å². The van der Waals surface area contributed by atoms with Crippen molar-refractivity contribution >= 4 is 11.0 Å². The van der Waals surface area contributed by atoms with E-state index in [1.807, 2.05) is 36.4 Å². The Bertz CT molecular complexity index is 1110. The Morgan fingerprint density at radius 2 is 1.59 bits per heavy atom. The first-order valence-electron chi connectivity index (χ1n) is 9.82. The average molecular weight is 388 g/mol. The van der Waals surface area contributed by atoms with Gasteiger partial charge in [0.25, 0.3) is 0 Å². The Morgan fingerprint density at radius 3 is 2.28 bits per heavy atom. The number of para-hydroxylation sites is 2. The third-order valence-electron chi connectivity index (χ3n) is 5.08. The molecular formula is C25H25FN2O. The summed E-state index contributed by atoms with van der Waals surface area (Å²) in [4.78, 5) is 4.76. The van der Waals surface area contributed by atoms with Gasteiger partial charge < -0.3 is 9.30 Å². The second-order valence-corrected chi connectivity index (χ2v) is 8.29. The van der Waals surface area contributed by atoms with E-state index in [0.717, 1.165) is 28.2 Å². The molecule has 4 aromatic rings. The molecule has 0 unspecified atom stereocenters. The van der Waals surface area contributed by atoms with Gasteiger partial charge in [-0.25, -0.2) is 9.37 Å². The highest BCUT2D eigenvalue weighted by Gasteiger charge is 2.14. The van der Waals surface area contributed by atoms with Crippen molar-refractivity contribution in [2.24, 2.45) is 0 Å². The van der Waals surface area contributed by atoms with Crippen LogP contribution in [-0.4, -0.2) is 9.55 Å². The molecule has 0 amide bonds. The van der Waals surface area contributed by atoms with E-state index in [0.29, 0.717) is 13.2 Å². The fourth-order valence-electron chi connectivity index (χ4n) is 3.38. The molecule has 4 heteroatoms. The second-order valence-electron chi connectivity index (χ2n) is 8.29. The van der Waals surface area contributed by atoms with Gasteiger partial charge in [-0.2, -0.15) is 0 Å². The van der Waals surface area contributed by atoms with E-state index in [9.17, 15) is 4.39 Å². The molecule has 0 atom stereocenters. The standard InChI is InChI=1S/C25H25FN2O/c1-25(2,3)19-10-14-21(15-11-19)29-17-24-27-22-6-4-5-7-23(22)28(24)16-18-8-12-20(26)13-9-18/h4-15H,16-17H2,1-3H3. The Morgan fingerprint density at radius 1 is 0.897 bits per heavy atom. The number of hydrogen-bond acceptors (Lipinski definition) is 2. The Labute approximate surface area is 170 Å². The summed E-state index contributed by atoms with van der Waals surface area (Å²) in [7, 11) is 0. The minimum absolute atomic E-state index is 0.113. The minimum atomic E-state index is -0.230. The van der Waals surface area contributed by atoms with Gasteiger partial charge in [-0.15, -0.1) is 0 Å². The van der Waals surface area contributed by atoms with Crippen LogP contribution in [0, 0.1) is 5.82 Å². The predicted molar refractivity (Wildman–Crippen MR) is 115 cm³/mol. The maximum atomic E-state index is 13.3. The van der Waals surface area contributed by atoms with E-state index >= 15 is 0 Å². The van der Waals surface area contributed by atoms with Crippen molar-refractivity contribution in [2.45, 2.75) is 39.3 Å². The van der Waals surface area contributed by atoms with Crippen molar-refractivity contribution in [1.82, 2.24) is 9.55 Å². The highest BCUT2D eigenvalue weighted by Crippen LogP contribution is 2.25.